The molecule has 2 aromatic rings. The van der Waals surface area contributed by atoms with E-state index in [1.807, 2.05) is 24.3 Å². The van der Waals surface area contributed by atoms with Crippen LogP contribution in [0.5, 0.6) is 0 Å². The lowest BCUT2D eigenvalue weighted by molar-refractivity contribution is -0.138. The number of fused-ring (bicyclic) bond motifs is 3. The van der Waals surface area contributed by atoms with Crippen molar-refractivity contribution >= 4 is 22.6 Å². The van der Waals surface area contributed by atoms with Crippen LogP contribution in [0.2, 0.25) is 0 Å². The highest BCUT2D eigenvalue weighted by Crippen LogP contribution is 2.29. The number of aromatic nitrogens is 2. The number of aliphatic hydroxyl groups excluding tert-OH is 1. The van der Waals surface area contributed by atoms with Crippen molar-refractivity contribution in [2.24, 2.45) is 0 Å². The van der Waals surface area contributed by atoms with Crippen LogP contribution in [0.15, 0.2) is 41.7 Å². The van der Waals surface area contributed by atoms with E-state index in [0.717, 1.165) is 24.1 Å². The quantitative estimate of drug-likeness (QED) is 0.396. The first-order valence-electron chi connectivity index (χ1n) is 8.75. The number of benzene rings is 1. The van der Waals surface area contributed by atoms with E-state index in [4.69, 9.17) is 9.72 Å². The van der Waals surface area contributed by atoms with Gasteiger partial charge in [0, 0.05) is 25.7 Å². The molecule has 0 saturated heterocycles. The maximum atomic E-state index is 12.0. The number of hydrogen-bond donors (Lipinski definition) is 1. The van der Waals surface area contributed by atoms with Crippen molar-refractivity contribution in [1.29, 1.82) is 0 Å². The molecule has 0 radical (unpaired) electrons. The molecule has 1 aliphatic heterocycles. The van der Waals surface area contributed by atoms with Crippen LogP contribution in [-0.2, 0) is 16.1 Å². The van der Waals surface area contributed by atoms with E-state index in [-0.39, 0.29) is 11.8 Å². The van der Waals surface area contributed by atoms with Gasteiger partial charge in [0.05, 0.1) is 23.7 Å². The first-order valence-corrected chi connectivity index (χ1v) is 8.75. The third kappa shape index (κ3) is 3.37. The minimum absolute atomic E-state index is 0.213. The molecule has 138 valence electrons. The lowest BCUT2D eigenvalue weighted by atomic mass is 10.1. The zero-order chi connectivity index (χ0) is 18.8. The molecule has 0 fully saturated rings. The maximum absolute atomic E-state index is 12.0. The van der Waals surface area contributed by atoms with Crippen LogP contribution in [0, 0.1) is 0 Å². The average molecular weight is 355 g/mol. The van der Waals surface area contributed by atoms with Crippen LogP contribution in [0.4, 0.5) is 0 Å². The van der Waals surface area contributed by atoms with Crippen molar-refractivity contribution < 1.29 is 14.6 Å². The summed E-state index contributed by atoms with van der Waals surface area (Å²) in [5.74, 6) is -0.490. The number of hydrogen-bond acceptors (Lipinski definition) is 5. The fourth-order valence-electron chi connectivity index (χ4n) is 3.25. The largest absolute Gasteiger partial charge is 0.502 e. The molecule has 1 N–H and O–H groups in total. The molecular weight excluding hydrogens is 330 g/mol. The molecule has 1 aromatic carbocycles. The van der Waals surface area contributed by atoms with Gasteiger partial charge in [0.15, 0.2) is 0 Å². The summed E-state index contributed by atoms with van der Waals surface area (Å²) >= 11 is 0. The minimum Gasteiger partial charge on any atom is -0.502 e. The fraction of sp³-hybridized carbons (Fsp3) is 0.400. The first kappa shape index (κ1) is 18.2. The number of ether oxygens (including phenoxy) is 1. The zero-order valence-electron chi connectivity index (χ0n) is 15.7. The van der Waals surface area contributed by atoms with Crippen LogP contribution >= 0.6 is 0 Å². The number of allylic oxidation sites excluding steroid dienone is 1. The second kappa shape index (κ2) is 7.33. The number of rotatable bonds is 3. The number of carbonyl (C=O) groups is 1. The summed E-state index contributed by atoms with van der Waals surface area (Å²) in [6, 6.07) is 8.07. The predicted molar refractivity (Wildman–Crippen MR) is 102 cm³/mol. The third-order valence-corrected chi connectivity index (χ3v) is 4.75. The van der Waals surface area contributed by atoms with Gasteiger partial charge in [-0.15, -0.1) is 0 Å². The van der Waals surface area contributed by atoms with Gasteiger partial charge in [-0.3, -0.25) is 4.90 Å². The smallest absolute Gasteiger partial charge is 0.373 e. The Hall–Kier alpha value is -2.60. The normalized spacial score (nSPS) is 19.6. The molecule has 0 spiro atoms. The molecule has 26 heavy (non-hydrogen) atoms. The summed E-state index contributed by atoms with van der Waals surface area (Å²) in [7, 11) is 1.27. The van der Waals surface area contributed by atoms with E-state index < -0.39 is 5.97 Å². The molecule has 0 saturated carbocycles. The highest BCUT2D eigenvalue weighted by atomic mass is 16.5. The first-order chi connectivity index (χ1) is 12.4. The van der Waals surface area contributed by atoms with Crippen molar-refractivity contribution in [3.8, 4) is 0 Å². The lowest BCUT2D eigenvalue weighted by Crippen LogP contribution is -2.35. The second-order valence-corrected chi connectivity index (χ2v) is 6.91. The number of aliphatic hydroxyl groups is 1. The van der Waals surface area contributed by atoms with Gasteiger partial charge in [-0.25, -0.2) is 9.78 Å². The summed E-state index contributed by atoms with van der Waals surface area (Å²) in [4.78, 5) is 18.9. The van der Waals surface area contributed by atoms with Crippen LogP contribution in [0.3, 0.4) is 0 Å². The molecule has 1 atom stereocenters. The van der Waals surface area contributed by atoms with Crippen molar-refractivity contribution in [2.45, 2.75) is 33.4 Å². The van der Waals surface area contributed by atoms with E-state index in [2.05, 4.69) is 36.3 Å². The Morgan fingerprint density at radius 3 is 2.81 bits per heavy atom. The van der Waals surface area contributed by atoms with Gasteiger partial charge in [-0.1, -0.05) is 23.8 Å². The summed E-state index contributed by atoms with van der Waals surface area (Å²) < 4.78 is 6.82. The Balaban J connectivity index is 2.16. The van der Waals surface area contributed by atoms with Gasteiger partial charge < -0.3 is 14.4 Å². The van der Waals surface area contributed by atoms with Gasteiger partial charge >= 0.3 is 5.97 Å². The van der Waals surface area contributed by atoms with Crippen molar-refractivity contribution in [3.05, 3.63) is 47.5 Å². The minimum atomic E-state index is -0.740. The molecular formula is C20H25N3O3. The SMILES string of the molecule is COC(=O)C(O)=C1CN(CC=C(C)C)C(C)Cn2c1nc1ccccc12. The molecule has 0 bridgehead atoms. The number of esters is 1. The van der Waals surface area contributed by atoms with Gasteiger partial charge in [0.25, 0.3) is 0 Å². The molecule has 0 aliphatic carbocycles. The monoisotopic (exact) mass is 355 g/mol. The van der Waals surface area contributed by atoms with Gasteiger partial charge in [-0.2, -0.15) is 0 Å². The third-order valence-electron chi connectivity index (χ3n) is 4.75. The molecule has 3 rings (SSSR count). The van der Waals surface area contributed by atoms with E-state index in [9.17, 15) is 9.90 Å². The fourth-order valence-corrected chi connectivity index (χ4v) is 3.25. The van der Waals surface area contributed by atoms with Gasteiger partial charge in [0.2, 0.25) is 5.76 Å². The Morgan fingerprint density at radius 2 is 2.12 bits per heavy atom. The molecule has 2 heterocycles. The predicted octanol–water partition coefficient (Wildman–Crippen LogP) is 3.15. The number of carbonyl (C=O) groups excluding carboxylic acids is 1. The molecule has 1 unspecified atom stereocenters. The van der Waals surface area contributed by atoms with Crippen LogP contribution < -0.4 is 0 Å². The standard InChI is InChI=1S/C20H25N3O3/c1-13(2)9-10-22-12-15(18(24)20(25)26-4)19-21-16-7-5-6-8-17(16)23(19)11-14(22)3/h5-9,14,24H,10-12H2,1-4H3. The highest BCUT2D eigenvalue weighted by molar-refractivity contribution is 5.95. The second-order valence-electron chi connectivity index (χ2n) is 6.91. The van der Waals surface area contributed by atoms with E-state index >= 15 is 0 Å². The summed E-state index contributed by atoms with van der Waals surface area (Å²) in [5, 5.41) is 10.5. The molecule has 0 amide bonds. The Morgan fingerprint density at radius 1 is 1.38 bits per heavy atom. The van der Waals surface area contributed by atoms with Gasteiger partial charge in [0.1, 0.15) is 5.82 Å². The summed E-state index contributed by atoms with van der Waals surface area (Å²) in [6.07, 6.45) is 2.15. The number of methoxy groups -OCH3 is 1. The van der Waals surface area contributed by atoms with Crippen molar-refractivity contribution in [2.75, 3.05) is 20.2 Å². The summed E-state index contributed by atoms with van der Waals surface area (Å²) in [5.41, 5.74) is 3.57. The Kier molecular flexibility index (Phi) is 5.13. The molecule has 6 heteroatoms. The molecule has 1 aromatic heterocycles. The maximum Gasteiger partial charge on any atom is 0.373 e. The highest BCUT2D eigenvalue weighted by Gasteiger charge is 2.30. The average Bonchev–Trinajstić information content (AvgIpc) is 2.92. The number of imidazole rings is 1. The van der Waals surface area contributed by atoms with Crippen LogP contribution in [-0.4, -0.2) is 51.8 Å². The van der Waals surface area contributed by atoms with Crippen LogP contribution in [0.25, 0.3) is 16.6 Å². The lowest BCUT2D eigenvalue weighted by Gasteiger charge is -2.26. The van der Waals surface area contributed by atoms with Gasteiger partial charge in [-0.05, 0) is 32.9 Å². The number of para-hydroxylation sites is 2. The molecule has 6 nitrogen and oxygen atoms in total. The molecule has 1 aliphatic rings. The van der Waals surface area contributed by atoms with Crippen LogP contribution in [0.1, 0.15) is 26.6 Å². The number of nitrogens with zero attached hydrogens (tertiary/aromatic N) is 3. The zero-order valence-corrected chi connectivity index (χ0v) is 15.7. The van der Waals surface area contributed by atoms with E-state index in [1.54, 1.807) is 0 Å². The van der Waals surface area contributed by atoms with E-state index in [0.29, 0.717) is 17.9 Å². The van der Waals surface area contributed by atoms with Crippen molar-refractivity contribution in [3.63, 3.8) is 0 Å². The van der Waals surface area contributed by atoms with E-state index in [1.165, 1.54) is 12.7 Å². The van der Waals surface area contributed by atoms with Crippen molar-refractivity contribution in [1.82, 2.24) is 14.5 Å². The Labute approximate surface area is 153 Å². The summed E-state index contributed by atoms with van der Waals surface area (Å²) in [6.45, 7) is 8.16. The topological polar surface area (TPSA) is 67.6 Å². The Bertz CT molecular complexity index is 891.